The molecule has 0 radical (unpaired) electrons. The molecule has 0 fully saturated rings. The van der Waals surface area contributed by atoms with Crippen molar-refractivity contribution in [2.75, 3.05) is 18.0 Å². The molecule has 0 saturated carbocycles. The van der Waals surface area contributed by atoms with Gasteiger partial charge in [-0.3, -0.25) is 4.79 Å². The second-order valence-corrected chi connectivity index (χ2v) is 6.00. The Morgan fingerprint density at radius 2 is 1.67 bits per heavy atom. The van der Waals surface area contributed by atoms with Crippen LogP contribution in [0.1, 0.15) is 42.6 Å². The van der Waals surface area contributed by atoms with Crippen LogP contribution < -0.4 is 10.2 Å². The maximum Gasteiger partial charge on any atom is 0.254 e. The minimum absolute atomic E-state index is 0.186. The van der Waals surface area contributed by atoms with Gasteiger partial charge < -0.3 is 10.2 Å². The molecule has 2 aromatic rings. The molecule has 0 bridgehead atoms. The lowest BCUT2D eigenvalue weighted by Gasteiger charge is -2.21. The van der Waals surface area contributed by atoms with Gasteiger partial charge in [-0.15, -0.1) is 0 Å². The summed E-state index contributed by atoms with van der Waals surface area (Å²) >= 11 is 5.85. The van der Waals surface area contributed by atoms with E-state index >= 15 is 0 Å². The van der Waals surface area contributed by atoms with Gasteiger partial charge in [-0.05, 0) is 30.5 Å². The van der Waals surface area contributed by atoms with Gasteiger partial charge in [-0.25, -0.2) is 9.97 Å². The van der Waals surface area contributed by atoms with Crippen molar-refractivity contribution in [2.24, 2.45) is 0 Å². The van der Waals surface area contributed by atoms with E-state index in [4.69, 9.17) is 11.6 Å². The zero-order valence-corrected chi connectivity index (χ0v) is 14.9. The predicted molar refractivity (Wildman–Crippen MR) is 97.4 cm³/mol. The number of carbonyl (C=O) groups is 1. The lowest BCUT2D eigenvalue weighted by Crippen LogP contribution is -2.28. The first kappa shape index (κ1) is 18.2. The van der Waals surface area contributed by atoms with E-state index < -0.39 is 0 Å². The Morgan fingerprint density at radius 1 is 1.08 bits per heavy atom. The predicted octanol–water partition coefficient (Wildman–Crippen LogP) is 3.69. The van der Waals surface area contributed by atoms with E-state index in [1.807, 2.05) is 12.1 Å². The van der Waals surface area contributed by atoms with Crippen LogP contribution in [0, 0.1) is 0 Å². The van der Waals surface area contributed by atoms with Crippen LogP contribution in [0.2, 0.25) is 5.02 Å². The number of carbonyl (C=O) groups excluding carboxylic acids is 1. The van der Waals surface area contributed by atoms with Crippen molar-refractivity contribution >= 4 is 23.5 Å². The number of rotatable bonds is 8. The Morgan fingerprint density at radius 3 is 2.21 bits per heavy atom. The molecule has 0 aliphatic carbocycles. The molecule has 1 heterocycles. The summed E-state index contributed by atoms with van der Waals surface area (Å²) in [7, 11) is 0. The third-order valence-electron chi connectivity index (χ3n) is 3.54. The van der Waals surface area contributed by atoms with Crippen molar-refractivity contribution in [3.63, 3.8) is 0 Å². The monoisotopic (exact) mass is 346 g/mol. The molecule has 1 aromatic carbocycles. The molecule has 5 nitrogen and oxygen atoms in total. The Labute approximate surface area is 148 Å². The second-order valence-electron chi connectivity index (χ2n) is 5.57. The number of benzene rings is 1. The van der Waals surface area contributed by atoms with E-state index in [0.29, 0.717) is 23.1 Å². The molecule has 1 amide bonds. The zero-order chi connectivity index (χ0) is 17.4. The molecule has 0 saturated heterocycles. The van der Waals surface area contributed by atoms with Crippen LogP contribution in [-0.2, 0) is 6.54 Å². The molecular weight excluding hydrogens is 324 g/mol. The van der Waals surface area contributed by atoms with Crippen molar-refractivity contribution in [1.29, 1.82) is 0 Å². The molecule has 128 valence electrons. The highest BCUT2D eigenvalue weighted by atomic mass is 35.5. The lowest BCUT2D eigenvalue weighted by atomic mass is 10.2. The van der Waals surface area contributed by atoms with E-state index in [2.05, 4.69) is 34.0 Å². The first-order chi connectivity index (χ1) is 11.6. The first-order valence-corrected chi connectivity index (χ1v) is 8.61. The fraction of sp³-hybridized carbons (Fsp3) is 0.389. The fourth-order valence-corrected chi connectivity index (χ4v) is 2.47. The number of nitrogens with one attached hydrogen (secondary N) is 1. The van der Waals surface area contributed by atoms with Crippen LogP contribution in [0.5, 0.6) is 0 Å². The summed E-state index contributed by atoms with van der Waals surface area (Å²) in [5, 5.41) is 3.54. The Bertz CT molecular complexity index is 637. The van der Waals surface area contributed by atoms with Gasteiger partial charge in [0.15, 0.2) is 0 Å². The van der Waals surface area contributed by atoms with Crippen molar-refractivity contribution in [1.82, 2.24) is 15.3 Å². The summed E-state index contributed by atoms with van der Waals surface area (Å²) in [6.07, 6.45) is 5.23. The Kier molecular flexibility index (Phi) is 7.00. The van der Waals surface area contributed by atoms with Gasteiger partial charge >= 0.3 is 0 Å². The number of nitrogens with zero attached hydrogens (tertiary/aromatic N) is 3. The topological polar surface area (TPSA) is 58.1 Å². The molecule has 0 aliphatic heterocycles. The minimum atomic E-state index is -0.186. The number of hydrogen-bond acceptors (Lipinski definition) is 4. The van der Waals surface area contributed by atoms with Crippen LogP contribution in [0.25, 0.3) is 0 Å². The maximum absolute atomic E-state index is 12.2. The van der Waals surface area contributed by atoms with Gasteiger partial charge in [-0.1, -0.05) is 37.6 Å². The summed E-state index contributed by atoms with van der Waals surface area (Å²) in [6, 6.07) is 7.37. The third kappa shape index (κ3) is 5.20. The minimum Gasteiger partial charge on any atom is -0.348 e. The highest BCUT2D eigenvalue weighted by molar-refractivity contribution is 6.30. The molecule has 0 spiro atoms. The molecule has 1 aromatic heterocycles. The standard InChI is InChI=1S/C18H23ClN4O/c1-3-9-23(10-4-2)18-21-12-15(13-22-18)17(24)20-11-14-5-7-16(19)8-6-14/h5-8,12-13H,3-4,9-11H2,1-2H3,(H,20,24). The maximum atomic E-state index is 12.2. The molecule has 0 atom stereocenters. The molecule has 6 heteroatoms. The van der Waals surface area contributed by atoms with Crippen molar-refractivity contribution in [3.05, 3.63) is 52.8 Å². The van der Waals surface area contributed by atoms with E-state index in [-0.39, 0.29) is 5.91 Å². The van der Waals surface area contributed by atoms with Gasteiger partial charge in [-0.2, -0.15) is 0 Å². The highest BCUT2D eigenvalue weighted by Gasteiger charge is 2.10. The third-order valence-corrected chi connectivity index (χ3v) is 3.79. The van der Waals surface area contributed by atoms with Gasteiger partial charge in [0.1, 0.15) is 0 Å². The number of amides is 1. The summed E-state index contributed by atoms with van der Waals surface area (Å²) < 4.78 is 0. The zero-order valence-electron chi connectivity index (χ0n) is 14.1. The summed E-state index contributed by atoms with van der Waals surface area (Å²) in [6.45, 7) is 6.52. The molecule has 2 rings (SSSR count). The summed E-state index contributed by atoms with van der Waals surface area (Å²) in [4.78, 5) is 23.0. The molecule has 0 aliphatic rings. The average Bonchev–Trinajstić information content (AvgIpc) is 2.61. The first-order valence-electron chi connectivity index (χ1n) is 8.23. The van der Waals surface area contributed by atoms with Crippen molar-refractivity contribution in [3.8, 4) is 0 Å². The normalized spacial score (nSPS) is 10.5. The van der Waals surface area contributed by atoms with Crippen LogP contribution in [0.4, 0.5) is 5.95 Å². The Hall–Kier alpha value is -2.14. The second kappa shape index (κ2) is 9.23. The van der Waals surface area contributed by atoms with Crippen LogP contribution in [-0.4, -0.2) is 29.0 Å². The molecular formula is C18H23ClN4O. The molecule has 1 N–H and O–H groups in total. The number of aromatic nitrogens is 2. The van der Waals surface area contributed by atoms with E-state index in [9.17, 15) is 4.79 Å². The van der Waals surface area contributed by atoms with E-state index in [1.165, 1.54) is 0 Å². The number of hydrogen-bond donors (Lipinski definition) is 1. The van der Waals surface area contributed by atoms with E-state index in [1.54, 1.807) is 24.5 Å². The lowest BCUT2D eigenvalue weighted by molar-refractivity contribution is 0.0950. The van der Waals surface area contributed by atoms with Crippen molar-refractivity contribution < 1.29 is 4.79 Å². The largest absolute Gasteiger partial charge is 0.348 e. The molecule has 0 unspecified atom stereocenters. The van der Waals surface area contributed by atoms with Crippen molar-refractivity contribution in [2.45, 2.75) is 33.2 Å². The van der Waals surface area contributed by atoms with Crippen LogP contribution >= 0.6 is 11.6 Å². The highest BCUT2D eigenvalue weighted by Crippen LogP contribution is 2.11. The quantitative estimate of drug-likeness (QED) is 0.792. The SMILES string of the molecule is CCCN(CCC)c1ncc(C(=O)NCc2ccc(Cl)cc2)cn1. The van der Waals surface area contributed by atoms with Crippen LogP contribution in [0.15, 0.2) is 36.7 Å². The van der Waals surface area contributed by atoms with Gasteiger partial charge in [0.05, 0.1) is 5.56 Å². The summed E-state index contributed by atoms with van der Waals surface area (Å²) in [5.41, 5.74) is 1.45. The van der Waals surface area contributed by atoms with Gasteiger partial charge in [0.25, 0.3) is 5.91 Å². The average molecular weight is 347 g/mol. The van der Waals surface area contributed by atoms with E-state index in [0.717, 1.165) is 31.5 Å². The number of anilines is 1. The smallest absolute Gasteiger partial charge is 0.254 e. The van der Waals surface area contributed by atoms with Crippen LogP contribution in [0.3, 0.4) is 0 Å². The fourth-order valence-electron chi connectivity index (χ4n) is 2.34. The number of halogens is 1. The van der Waals surface area contributed by atoms with Gasteiger partial charge in [0, 0.05) is 37.1 Å². The Balaban J connectivity index is 1.96. The van der Waals surface area contributed by atoms with Gasteiger partial charge in [0.2, 0.25) is 5.95 Å². The summed E-state index contributed by atoms with van der Waals surface area (Å²) in [5.74, 6) is 0.488. The molecule has 24 heavy (non-hydrogen) atoms.